The van der Waals surface area contributed by atoms with Crippen LogP contribution in [-0.4, -0.2) is 46.8 Å². The lowest BCUT2D eigenvalue weighted by molar-refractivity contribution is -0.140. The van der Waals surface area contributed by atoms with Gasteiger partial charge in [-0.15, -0.1) is 0 Å². The van der Waals surface area contributed by atoms with Crippen LogP contribution in [0.4, 0.5) is 0 Å². The highest BCUT2D eigenvalue weighted by atomic mass is 32.2. The molecule has 1 aromatic heterocycles. The van der Waals surface area contributed by atoms with E-state index in [1.54, 1.807) is 12.1 Å². The summed E-state index contributed by atoms with van der Waals surface area (Å²) in [4.78, 5) is 37.1. The first kappa shape index (κ1) is 17.0. The molecule has 1 rings (SSSR count). The molecule has 0 saturated heterocycles. The monoisotopic (exact) mass is 312 g/mol. The summed E-state index contributed by atoms with van der Waals surface area (Å²) in [5.74, 6) is -1.21. The fraction of sp³-hybridized carbons (Fsp3) is 0.385. The summed E-state index contributed by atoms with van der Waals surface area (Å²) in [6, 6.07) is 2.34. The van der Waals surface area contributed by atoms with Crippen molar-refractivity contribution in [2.24, 2.45) is 0 Å². The largest absolute Gasteiger partial charge is 0.480 e. The Hall–Kier alpha value is -2.09. The molecule has 0 radical (unpaired) electrons. The highest BCUT2D eigenvalue weighted by molar-refractivity contribution is 7.98. The van der Waals surface area contributed by atoms with Gasteiger partial charge in [-0.2, -0.15) is 11.8 Å². The van der Waals surface area contributed by atoms with E-state index in [1.807, 2.05) is 0 Å². The molecule has 8 heteroatoms. The summed E-state index contributed by atoms with van der Waals surface area (Å²) in [5, 5.41) is 11.3. The third-order valence-corrected chi connectivity index (χ3v) is 3.52. The molecule has 7 nitrogen and oxygen atoms in total. The molecule has 0 saturated carbocycles. The lowest BCUT2D eigenvalue weighted by atomic mass is 10.2. The van der Waals surface area contributed by atoms with Gasteiger partial charge in [0.1, 0.15) is 6.04 Å². The Morgan fingerprint density at radius 1 is 1.43 bits per heavy atom. The minimum absolute atomic E-state index is 0.231. The van der Waals surface area contributed by atoms with Crippen LogP contribution in [0.2, 0.25) is 0 Å². The first-order valence-electron chi connectivity index (χ1n) is 6.05. The van der Waals surface area contributed by atoms with Crippen LogP contribution in [0.3, 0.4) is 0 Å². The molecule has 0 bridgehead atoms. The van der Waals surface area contributed by atoms with Crippen LogP contribution < -0.4 is 5.32 Å². The molecule has 0 fully saturated rings. The third kappa shape index (κ3) is 5.82. The molecule has 1 amide bonds. The Morgan fingerprint density at radius 2 is 2.14 bits per heavy atom. The minimum atomic E-state index is -1.08. The van der Waals surface area contributed by atoms with E-state index in [4.69, 9.17) is 5.11 Å². The predicted molar refractivity (Wildman–Crippen MR) is 77.0 cm³/mol. The number of pyridine rings is 1. The van der Waals surface area contributed by atoms with Crippen LogP contribution >= 0.6 is 11.8 Å². The van der Waals surface area contributed by atoms with E-state index in [9.17, 15) is 14.4 Å². The van der Waals surface area contributed by atoms with Gasteiger partial charge < -0.3 is 15.2 Å². The number of amides is 1. The second kappa shape index (κ2) is 8.25. The summed E-state index contributed by atoms with van der Waals surface area (Å²) in [7, 11) is 1.29. The molecule has 0 aliphatic heterocycles. The van der Waals surface area contributed by atoms with Crippen molar-refractivity contribution in [3.8, 4) is 0 Å². The van der Waals surface area contributed by atoms with E-state index in [0.717, 1.165) is 0 Å². The van der Waals surface area contributed by atoms with Crippen molar-refractivity contribution in [1.82, 2.24) is 10.3 Å². The van der Waals surface area contributed by atoms with Crippen molar-refractivity contribution in [1.29, 1.82) is 0 Å². The fourth-order valence-electron chi connectivity index (χ4n) is 1.45. The standard InChI is InChI=1S/C13H16N2O5S/c1-8(16)15-11(12(17)18)7-21-6-10-4-3-9(5-14-10)13(19)20-2/h3-5,11H,6-7H2,1-2H3,(H,15,16)(H,17,18). The summed E-state index contributed by atoms with van der Waals surface area (Å²) >= 11 is 1.33. The average Bonchev–Trinajstić information content (AvgIpc) is 2.45. The maximum absolute atomic E-state index is 11.2. The molecule has 0 aliphatic rings. The summed E-state index contributed by atoms with van der Waals surface area (Å²) in [6.07, 6.45) is 1.41. The van der Waals surface area contributed by atoms with Crippen molar-refractivity contribution >= 4 is 29.6 Å². The molecular weight excluding hydrogens is 296 g/mol. The number of carboxylic acids is 1. The zero-order valence-corrected chi connectivity index (χ0v) is 12.5. The van der Waals surface area contributed by atoms with Crippen molar-refractivity contribution in [2.75, 3.05) is 12.9 Å². The number of ether oxygens (including phenoxy) is 1. The number of methoxy groups -OCH3 is 1. The smallest absolute Gasteiger partial charge is 0.339 e. The third-order valence-electron chi connectivity index (χ3n) is 2.46. The molecule has 1 unspecified atom stereocenters. The van der Waals surface area contributed by atoms with E-state index < -0.39 is 18.0 Å². The van der Waals surface area contributed by atoms with Crippen LogP contribution in [0, 0.1) is 0 Å². The summed E-state index contributed by atoms with van der Waals surface area (Å²) in [6.45, 7) is 1.27. The zero-order chi connectivity index (χ0) is 15.8. The van der Waals surface area contributed by atoms with Crippen molar-refractivity contribution < 1.29 is 24.2 Å². The Bertz CT molecular complexity index is 518. The van der Waals surface area contributed by atoms with Crippen molar-refractivity contribution in [3.63, 3.8) is 0 Å². The lowest BCUT2D eigenvalue weighted by Crippen LogP contribution is -2.41. The number of nitrogens with one attached hydrogen (secondary N) is 1. The zero-order valence-electron chi connectivity index (χ0n) is 11.7. The van der Waals surface area contributed by atoms with Gasteiger partial charge in [-0.1, -0.05) is 0 Å². The molecule has 0 spiro atoms. The number of carbonyl (C=O) groups is 3. The first-order chi connectivity index (χ1) is 9.93. The number of thioether (sulfide) groups is 1. The van der Waals surface area contributed by atoms with Gasteiger partial charge in [-0.25, -0.2) is 9.59 Å². The van der Waals surface area contributed by atoms with Gasteiger partial charge in [0, 0.05) is 24.6 Å². The Balaban J connectivity index is 2.49. The number of aliphatic carboxylic acids is 1. The molecule has 21 heavy (non-hydrogen) atoms. The van der Waals surface area contributed by atoms with E-state index in [-0.39, 0.29) is 11.7 Å². The Kier molecular flexibility index (Phi) is 6.67. The van der Waals surface area contributed by atoms with Crippen LogP contribution in [0.25, 0.3) is 0 Å². The first-order valence-corrected chi connectivity index (χ1v) is 7.20. The number of hydrogen-bond donors (Lipinski definition) is 2. The normalized spacial score (nSPS) is 11.5. The minimum Gasteiger partial charge on any atom is -0.480 e. The van der Waals surface area contributed by atoms with Crippen LogP contribution in [0.5, 0.6) is 0 Å². The van der Waals surface area contributed by atoms with Gasteiger partial charge in [0.2, 0.25) is 5.91 Å². The van der Waals surface area contributed by atoms with E-state index >= 15 is 0 Å². The van der Waals surface area contributed by atoms with E-state index in [1.165, 1.54) is 32.0 Å². The Labute approximate surface area is 126 Å². The quantitative estimate of drug-likeness (QED) is 0.713. The maximum atomic E-state index is 11.2. The van der Waals surface area contributed by atoms with Crippen LogP contribution in [-0.2, 0) is 20.1 Å². The second-order valence-corrected chi connectivity index (χ2v) is 5.17. The molecule has 1 aromatic rings. The number of esters is 1. The Morgan fingerprint density at radius 3 is 2.62 bits per heavy atom. The predicted octanol–water partition coefficient (Wildman–Crippen LogP) is 0.691. The molecule has 0 aliphatic carbocycles. The molecule has 114 valence electrons. The fourth-order valence-corrected chi connectivity index (χ4v) is 2.41. The van der Waals surface area contributed by atoms with Crippen molar-refractivity contribution in [2.45, 2.75) is 18.7 Å². The van der Waals surface area contributed by atoms with Crippen molar-refractivity contribution in [3.05, 3.63) is 29.6 Å². The summed E-state index contributed by atoms with van der Waals surface area (Å²) in [5.41, 5.74) is 1.06. The molecule has 1 heterocycles. The van der Waals surface area contributed by atoms with E-state index in [2.05, 4.69) is 15.0 Å². The van der Waals surface area contributed by atoms with Gasteiger partial charge >= 0.3 is 11.9 Å². The lowest BCUT2D eigenvalue weighted by Gasteiger charge is -2.12. The van der Waals surface area contributed by atoms with Gasteiger partial charge in [0.25, 0.3) is 0 Å². The molecule has 2 N–H and O–H groups in total. The number of carbonyl (C=O) groups excluding carboxylic acids is 2. The summed E-state index contributed by atoms with van der Waals surface area (Å²) < 4.78 is 4.56. The maximum Gasteiger partial charge on any atom is 0.339 e. The second-order valence-electron chi connectivity index (χ2n) is 4.14. The topological polar surface area (TPSA) is 106 Å². The number of nitrogens with zero attached hydrogens (tertiary/aromatic N) is 1. The average molecular weight is 312 g/mol. The molecular formula is C13H16N2O5S. The van der Waals surface area contributed by atoms with E-state index in [0.29, 0.717) is 17.0 Å². The van der Waals surface area contributed by atoms with Gasteiger partial charge in [0.15, 0.2) is 0 Å². The number of rotatable bonds is 7. The number of carboxylic acid groups (broad SMARTS) is 1. The highest BCUT2D eigenvalue weighted by Crippen LogP contribution is 2.12. The van der Waals surface area contributed by atoms with Gasteiger partial charge in [-0.05, 0) is 12.1 Å². The van der Waals surface area contributed by atoms with Crippen LogP contribution in [0.15, 0.2) is 18.3 Å². The van der Waals surface area contributed by atoms with Crippen LogP contribution in [0.1, 0.15) is 23.0 Å². The van der Waals surface area contributed by atoms with Gasteiger partial charge in [0.05, 0.1) is 18.4 Å². The molecule has 0 aromatic carbocycles. The molecule has 1 atom stereocenters. The van der Waals surface area contributed by atoms with Gasteiger partial charge in [-0.3, -0.25) is 9.78 Å². The SMILES string of the molecule is COC(=O)c1ccc(CSCC(NC(C)=O)C(=O)O)nc1. The number of hydrogen-bond acceptors (Lipinski definition) is 6. The highest BCUT2D eigenvalue weighted by Gasteiger charge is 2.18. The number of aromatic nitrogens is 1.